The molecule has 1 aliphatic heterocycles. The van der Waals surface area contributed by atoms with Crippen molar-refractivity contribution in [2.45, 2.75) is 13.0 Å². The van der Waals surface area contributed by atoms with E-state index in [9.17, 15) is 4.79 Å². The van der Waals surface area contributed by atoms with E-state index in [4.69, 9.17) is 0 Å². The fourth-order valence-electron chi connectivity index (χ4n) is 2.91. The van der Waals surface area contributed by atoms with E-state index < -0.39 is 0 Å². The fourth-order valence-corrected chi connectivity index (χ4v) is 2.91. The van der Waals surface area contributed by atoms with Crippen molar-refractivity contribution in [3.8, 4) is 0 Å². The van der Waals surface area contributed by atoms with E-state index in [1.807, 2.05) is 6.08 Å². The van der Waals surface area contributed by atoms with Gasteiger partial charge >= 0.3 is 0 Å². The third kappa shape index (κ3) is 0.788. The molecule has 0 spiro atoms. The third-order valence-electron chi connectivity index (χ3n) is 3.73. The van der Waals surface area contributed by atoms with E-state index in [1.54, 1.807) is 0 Å². The van der Waals surface area contributed by atoms with Gasteiger partial charge in [-0.2, -0.15) is 0 Å². The van der Waals surface area contributed by atoms with Gasteiger partial charge in [0.2, 0.25) is 5.91 Å². The molecule has 0 aromatic carbocycles. The zero-order valence-corrected chi connectivity index (χ0v) is 8.10. The number of carbonyl (C=O) groups is 1. The van der Waals surface area contributed by atoms with Crippen LogP contribution in [-0.4, -0.2) is 11.9 Å². The molecule has 1 fully saturated rings. The van der Waals surface area contributed by atoms with Gasteiger partial charge < -0.3 is 5.32 Å². The highest BCUT2D eigenvalue weighted by Crippen LogP contribution is 2.48. The predicted molar refractivity (Wildman–Crippen MR) is 54.4 cm³/mol. The van der Waals surface area contributed by atoms with Gasteiger partial charge in [-0.3, -0.25) is 4.79 Å². The maximum Gasteiger partial charge on any atom is 0.225 e. The predicted octanol–water partition coefficient (Wildman–Crippen LogP) is 1.42. The fraction of sp³-hybridized carbons (Fsp3) is 0.417. The molecular formula is C12H13NO. The largest absolute Gasteiger partial charge is 0.349 e. The van der Waals surface area contributed by atoms with Crippen molar-refractivity contribution in [2.24, 2.45) is 17.3 Å². The molecule has 3 rings (SSSR count). The summed E-state index contributed by atoms with van der Waals surface area (Å²) in [5, 5.41) is 3.04. The van der Waals surface area contributed by atoms with Crippen LogP contribution >= 0.6 is 0 Å². The molecule has 1 amide bonds. The number of rotatable bonds is 0. The van der Waals surface area contributed by atoms with E-state index >= 15 is 0 Å². The standard InChI is InChI=1S/C12H13NO/c1-12-7-3-2-4-8-5-6-9(12)13-11(14)10(8)12/h2-10H,1H3,(H,13,14)/t8-,9+,10+,12-/m0/s1. The first-order valence-corrected chi connectivity index (χ1v) is 5.06. The molecule has 0 aromatic heterocycles. The van der Waals surface area contributed by atoms with Gasteiger partial charge in [-0.15, -0.1) is 0 Å². The Morgan fingerprint density at radius 2 is 2.14 bits per heavy atom. The number of carbonyl (C=O) groups excluding carboxylic acids is 1. The topological polar surface area (TPSA) is 29.1 Å². The van der Waals surface area contributed by atoms with Gasteiger partial charge in [0.1, 0.15) is 0 Å². The second-order valence-electron chi connectivity index (χ2n) is 4.54. The molecule has 4 atom stereocenters. The van der Waals surface area contributed by atoms with Crippen LogP contribution in [0.25, 0.3) is 0 Å². The zero-order chi connectivity index (χ0) is 9.76. The van der Waals surface area contributed by atoms with Crippen LogP contribution in [0.4, 0.5) is 0 Å². The molecule has 2 heteroatoms. The molecule has 2 nitrogen and oxygen atoms in total. The van der Waals surface area contributed by atoms with Crippen molar-refractivity contribution in [1.82, 2.24) is 5.32 Å². The van der Waals surface area contributed by atoms with Crippen molar-refractivity contribution >= 4 is 5.91 Å². The average Bonchev–Trinajstić information content (AvgIpc) is 2.31. The van der Waals surface area contributed by atoms with E-state index in [0.717, 1.165) is 0 Å². The molecule has 1 saturated heterocycles. The van der Waals surface area contributed by atoms with Crippen LogP contribution in [-0.2, 0) is 4.79 Å². The molecule has 4 bridgehead atoms. The molecule has 1 N–H and O–H groups in total. The molecule has 0 saturated carbocycles. The van der Waals surface area contributed by atoms with Crippen LogP contribution in [0, 0.1) is 17.3 Å². The summed E-state index contributed by atoms with van der Waals surface area (Å²) in [6, 6.07) is 0.187. The summed E-state index contributed by atoms with van der Waals surface area (Å²) in [7, 11) is 0. The van der Waals surface area contributed by atoms with Crippen molar-refractivity contribution in [2.75, 3.05) is 0 Å². The van der Waals surface area contributed by atoms with Crippen molar-refractivity contribution in [3.63, 3.8) is 0 Å². The second-order valence-corrected chi connectivity index (χ2v) is 4.54. The van der Waals surface area contributed by atoms with Crippen LogP contribution in [0.1, 0.15) is 6.92 Å². The summed E-state index contributed by atoms with van der Waals surface area (Å²) >= 11 is 0. The van der Waals surface area contributed by atoms with Gasteiger partial charge in [0.05, 0.1) is 12.0 Å². The Morgan fingerprint density at radius 3 is 3.00 bits per heavy atom. The zero-order valence-electron chi connectivity index (χ0n) is 8.10. The van der Waals surface area contributed by atoms with Crippen molar-refractivity contribution < 1.29 is 4.79 Å². The van der Waals surface area contributed by atoms with Gasteiger partial charge in [0.15, 0.2) is 0 Å². The monoisotopic (exact) mass is 187 g/mol. The molecule has 3 aliphatic rings. The maximum atomic E-state index is 11.8. The highest BCUT2D eigenvalue weighted by molar-refractivity contribution is 5.85. The quantitative estimate of drug-likeness (QED) is 0.571. The number of allylic oxidation sites excluding steroid dienone is 4. The Labute approximate surface area is 83.4 Å². The molecule has 72 valence electrons. The summed E-state index contributed by atoms with van der Waals surface area (Å²) < 4.78 is 0. The molecular weight excluding hydrogens is 174 g/mol. The Hall–Kier alpha value is -1.31. The van der Waals surface area contributed by atoms with E-state index in [-0.39, 0.29) is 29.2 Å². The van der Waals surface area contributed by atoms with E-state index in [1.165, 1.54) is 0 Å². The molecule has 0 unspecified atom stereocenters. The Bertz CT molecular complexity index is 380. The van der Waals surface area contributed by atoms with Gasteiger partial charge in [-0.05, 0) is 0 Å². The first-order chi connectivity index (χ1) is 6.72. The molecule has 14 heavy (non-hydrogen) atoms. The van der Waals surface area contributed by atoms with Crippen molar-refractivity contribution in [3.05, 3.63) is 36.5 Å². The van der Waals surface area contributed by atoms with Crippen LogP contribution in [0.2, 0.25) is 0 Å². The highest BCUT2D eigenvalue weighted by atomic mass is 16.2. The second kappa shape index (κ2) is 2.38. The SMILES string of the molecule is C[C@]12C=CC=C[C@H]3C=C[C@H]1NC(=O)[C@@H]32. The lowest BCUT2D eigenvalue weighted by Gasteiger charge is -2.35. The number of hydrogen-bond donors (Lipinski definition) is 1. The van der Waals surface area contributed by atoms with Crippen LogP contribution in [0.5, 0.6) is 0 Å². The summed E-state index contributed by atoms with van der Waals surface area (Å²) in [5.74, 6) is 0.560. The third-order valence-corrected chi connectivity index (χ3v) is 3.73. The van der Waals surface area contributed by atoms with Gasteiger partial charge in [-0.1, -0.05) is 43.4 Å². The van der Waals surface area contributed by atoms with Gasteiger partial charge in [0, 0.05) is 11.3 Å². The molecule has 1 heterocycles. The minimum atomic E-state index is -0.0278. The Balaban J connectivity index is 2.21. The van der Waals surface area contributed by atoms with Crippen LogP contribution in [0.15, 0.2) is 36.5 Å². The average molecular weight is 187 g/mol. The van der Waals surface area contributed by atoms with Crippen LogP contribution < -0.4 is 5.32 Å². The Kier molecular flexibility index (Phi) is 1.37. The molecule has 0 radical (unpaired) electrons. The van der Waals surface area contributed by atoms with Crippen LogP contribution in [0.3, 0.4) is 0 Å². The minimum absolute atomic E-state index is 0.0278. The lowest BCUT2D eigenvalue weighted by atomic mass is 9.66. The van der Waals surface area contributed by atoms with E-state index in [0.29, 0.717) is 0 Å². The summed E-state index contributed by atoms with van der Waals surface area (Å²) in [5.41, 5.74) is -0.0278. The van der Waals surface area contributed by atoms with Gasteiger partial charge in [-0.25, -0.2) is 0 Å². The maximum absolute atomic E-state index is 11.8. The number of nitrogens with one attached hydrogen (secondary N) is 1. The highest BCUT2D eigenvalue weighted by Gasteiger charge is 2.53. The normalized spacial score (nSPS) is 47.8. The first kappa shape index (κ1) is 8.04. The summed E-state index contributed by atoms with van der Waals surface area (Å²) in [6.45, 7) is 2.17. The van der Waals surface area contributed by atoms with E-state index in [2.05, 4.69) is 42.6 Å². The lowest BCUT2D eigenvalue weighted by molar-refractivity contribution is -0.124. The van der Waals surface area contributed by atoms with Gasteiger partial charge in [0.25, 0.3) is 0 Å². The first-order valence-electron chi connectivity index (χ1n) is 5.06. The smallest absolute Gasteiger partial charge is 0.225 e. The minimum Gasteiger partial charge on any atom is -0.349 e. The summed E-state index contributed by atoms with van der Waals surface area (Å²) in [4.78, 5) is 11.8. The number of hydrogen-bond acceptors (Lipinski definition) is 1. The number of amides is 1. The Morgan fingerprint density at radius 1 is 1.29 bits per heavy atom. The summed E-state index contributed by atoms with van der Waals surface area (Å²) in [6.07, 6.45) is 12.7. The molecule has 0 aromatic rings. The van der Waals surface area contributed by atoms with Crippen molar-refractivity contribution in [1.29, 1.82) is 0 Å². The lowest BCUT2D eigenvalue weighted by Crippen LogP contribution is -2.38. The molecule has 2 aliphatic carbocycles.